The van der Waals surface area contributed by atoms with E-state index < -0.39 is 11.9 Å². The van der Waals surface area contributed by atoms with Gasteiger partial charge in [0.05, 0.1) is 13.7 Å². The first-order valence-corrected chi connectivity index (χ1v) is 6.25. The van der Waals surface area contributed by atoms with Crippen molar-refractivity contribution < 1.29 is 18.7 Å². The summed E-state index contributed by atoms with van der Waals surface area (Å²) >= 11 is 0. The maximum absolute atomic E-state index is 13.6. The maximum atomic E-state index is 13.6. The number of halogens is 1. The molecule has 0 aliphatic rings. The van der Waals surface area contributed by atoms with E-state index in [4.69, 9.17) is 9.47 Å². The van der Waals surface area contributed by atoms with E-state index in [9.17, 15) is 9.18 Å². The molecule has 0 amide bonds. The molecule has 0 bridgehead atoms. The van der Waals surface area contributed by atoms with Crippen LogP contribution in [0.4, 0.5) is 4.39 Å². The highest BCUT2D eigenvalue weighted by molar-refractivity contribution is 5.75. The van der Waals surface area contributed by atoms with Gasteiger partial charge >= 0.3 is 5.97 Å². The number of nitrogens with one attached hydrogen (secondary N) is 1. The van der Waals surface area contributed by atoms with Crippen molar-refractivity contribution in [2.45, 2.75) is 32.9 Å². The Hall–Kier alpha value is -1.62. The third kappa shape index (κ3) is 4.21. The van der Waals surface area contributed by atoms with Crippen LogP contribution in [-0.4, -0.2) is 25.7 Å². The number of carbonyl (C=O) groups excluding carboxylic acids is 1. The lowest BCUT2D eigenvalue weighted by atomic mass is 10.1. The Morgan fingerprint density at radius 2 is 2.11 bits per heavy atom. The fourth-order valence-corrected chi connectivity index (χ4v) is 1.76. The summed E-state index contributed by atoms with van der Waals surface area (Å²) in [6, 6.07) is 4.11. The number of hydrogen-bond donors (Lipinski definition) is 1. The molecular weight excluding hydrogens is 249 g/mol. The quantitative estimate of drug-likeness (QED) is 0.806. The highest BCUT2D eigenvalue weighted by Crippen LogP contribution is 2.21. The average molecular weight is 269 g/mol. The van der Waals surface area contributed by atoms with E-state index in [2.05, 4.69) is 5.32 Å². The molecule has 106 valence electrons. The van der Waals surface area contributed by atoms with Gasteiger partial charge in [0.15, 0.2) is 11.6 Å². The van der Waals surface area contributed by atoms with Crippen LogP contribution in [0.5, 0.6) is 5.75 Å². The molecule has 0 fully saturated rings. The summed E-state index contributed by atoms with van der Waals surface area (Å²) in [6.07, 6.45) is 0. The Balaban J connectivity index is 2.70. The van der Waals surface area contributed by atoms with Crippen LogP contribution in [0.1, 0.15) is 32.4 Å². The molecule has 1 aromatic carbocycles. The van der Waals surface area contributed by atoms with Gasteiger partial charge in [-0.05, 0) is 38.5 Å². The topological polar surface area (TPSA) is 47.6 Å². The summed E-state index contributed by atoms with van der Waals surface area (Å²) in [7, 11) is 1.42. The smallest absolute Gasteiger partial charge is 0.322 e. The summed E-state index contributed by atoms with van der Waals surface area (Å²) < 4.78 is 23.3. The summed E-state index contributed by atoms with van der Waals surface area (Å²) in [5.41, 5.74) is 0.745. The monoisotopic (exact) mass is 269 g/mol. The molecule has 0 radical (unpaired) electrons. The lowest BCUT2D eigenvalue weighted by molar-refractivity contribution is -0.145. The number of hydrogen-bond acceptors (Lipinski definition) is 4. The van der Waals surface area contributed by atoms with Gasteiger partial charge in [-0.3, -0.25) is 10.1 Å². The second-order valence-corrected chi connectivity index (χ2v) is 4.26. The van der Waals surface area contributed by atoms with E-state index in [0.29, 0.717) is 6.61 Å². The Kier molecular flexibility index (Phi) is 5.76. The molecule has 0 aromatic heterocycles. The number of carbonyl (C=O) groups is 1. The highest BCUT2D eigenvalue weighted by atomic mass is 19.1. The van der Waals surface area contributed by atoms with E-state index in [1.54, 1.807) is 26.0 Å². The van der Waals surface area contributed by atoms with Gasteiger partial charge in [0, 0.05) is 6.04 Å². The molecule has 1 N–H and O–H groups in total. The first-order valence-electron chi connectivity index (χ1n) is 6.25. The minimum atomic E-state index is -0.444. The van der Waals surface area contributed by atoms with Crippen molar-refractivity contribution in [1.82, 2.24) is 5.32 Å². The normalized spacial score (nSPS) is 13.7. The zero-order valence-corrected chi connectivity index (χ0v) is 11.7. The fraction of sp³-hybridized carbons (Fsp3) is 0.500. The molecular formula is C14H20FNO3. The Labute approximate surface area is 112 Å². The summed E-state index contributed by atoms with van der Waals surface area (Å²) in [6.45, 7) is 5.68. The number of benzene rings is 1. The van der Waals surface area contributed by atoms with Crippen molar-refractivity contribution in [3.63, 3.8) is 0 Å². The van der Waals surface area contributed by atoms with Crippen LogP contribution >= 0.6 is 0 Å². The summed E-state index contributed by atoms with van der Waals surface area (Å²) in [5.74, 6) is -0.532. The molecule has 4 nitrogen and oxygen atoms in total. The third-order valence-corrected chi connectivity index (χ3v) is 2.82. The van der Waals surface area contributed by atoms with Crippen molar-refractivity contribution >= 4 is 5.97 Å². The average Bonchev–Trinajstić information content (AvgIpc) is 2.38. The maximum Gasteiger partial charge on any atom is 0.322 e. The van der Waals surface area contributed by atoms with E-state index in [0.717, 1.165) is 5.56 Å². The molecule has 19 heavy (non-hydrogen) atoms. The SMILES string of the molecule is CCOC(=O)C(C)NC(C)c1ccc(OC)c(F)c1. The first-order chi connectivity index (χ1) is 8.99. The lowest BCUT2D eigenvalue weighted by Gasteiger charge is -2.19. The first kappa shape index (κ1) is 15.4. The molecule has 0 spiro atoms. The molecule has 0 aliphatic carbocycles. The largest absolute Gasteiger partial charge is 0.494 e. The third-order valence-electron chi connectivity index (χ3n) is 2.82. The fourth-order valence-electron chi connectivity index (χ4n) is 1.76. The molecule has 2 unspecified atom stereocenters. The van der Waals surface area contributed by atoms with Crippen molar-refractivity contribution in [2.75, 3.05) is 13.7 Å². The van der Waals surface area contributed by atoms with Gasteiger partial charge in [0.2, 0.25) is 0 Å². The van der Waals surface area contributed by atoms with Crippen LogP contribution in [-0.2, 0) is 9.53 Å². The second kappa shape index (κ2) is 7.09. The number of rotatable bonds is 6. The van der Waals surface area contributed by atoms with Crippen molar-refractivity contribution in [2.24, 2.45) is 0 Å². The van der Waals surface area contributed by atoms with E-state index >= 15 is 0 Å². The van der Waals surface area contributed by atoms with Gasteiger partial charge in [-0.2, -0.15) is 0 Å². The molecule has 1 rings (SSSR count). The lowest BCUT2D eigenvalue weighted by Crippen LogP contribution is -2.37. The molecule has 0 saturated carbocycles. The van der Waals surface area contributed by atoms with Crippen LogP contribution in [0.2, 0.25) is 0 Å². The van der Waals surface area contributed by atoms with Gasteiger partial charge in [0.1, 0.15) is 6.04 Å². The minimum Gasteiger partial charge on any atom is -0.494 e. The van der Waals surface area contributed by atoms with Gasteiger partial charge in [-0.25, -0.2) is 4.39 Å². The number of ether oxygens (including phenoxy) is 2. The second-order valence-electron chi connectivity index (χ2n) is 4.26. The van der Waals surface area contributed by atoms with Crippen molar-refractivity contribution in [3.05, 3.63) is 29.6 Å². The molecule has 0 saturated heterocycles. The Morgan fingerprint density at radius 3 is 2.63 bits per heavy atom. The molecule has 1 aromatic rings. The van der Waals surface area contributed by atoms with Crippen LogP contribution in [0, 0.1) is 5.82 Å². The predicted octanol–water partition coefficient (Wildman–Crippen LogP) is 2.44. The van der Waals surface area contributed by atoms with Crippen LogP contribution in [0.3, 0.4) is 0 Å². The number of esters is 1. The van der Waals surface area contributed by atoms with Gasteiger partial charge < -0.3 is 9.47 Å². The van der Waals surface area contributed by atoms with Crippen molar-refractivity contribution in [1.29, 1.82) is 0 Å². The van der Waals surface area contributed by atoms with Crippen LogP contribution in [0.25, 0.3) is 0 Å². The van der Waals surface area contributed by atoms with E-state index in [1.807, 2.05) is 6.92 Å². The zero-order chi connectivity index (χ0) is 14.4. The molecule has 0 heterocycles. The van der Waals surface area contributed by atoms with E-state index in [-0.39, 0.29) is 17.8 Å². The standard InChI is InChI=1S/C14H20FNO3/c1-5-19-14(17)10(3)16-9(2)11-6-7-13(18-4)12(15)8-11/h6-10,16H,5H2,1-4H3. The summed E-state index contributed by atoms with van der Waals surface area (Å²) in [5, 5.41) is 3.06. The predicted molar refractivity (Wildman–Crippen MR) is 70.6 cm³/mol. The van der Waals surface area contributed by atoms with Crippen LogP contribution in [0.15, 0.2) is 18.2 Å². The van der Waals surface area contributed by atoms with Gasteiger partial charge in [-0.15, -0.1) is 0 Å². The number of methoxy groups -OCH3 is 1. The van der Waals surface area contributed by atoms with Gasteiger partial charge in [0.25, 0.3) is 0 Å². The summed E-state index contributed by atoms with van der Waals surface area (Å²) in [4.78, 5) is 11.5. The zero-order valence-electron chi connectivity index (χ0n) is 11.7. The molecule has 0 aliphatic heterocycles. The van der Waals surface area contributed by atoms with Crippen LogP contribution < -0.4 is 10.1 Å². The van der Waals surface area contributed by atoms with Crippen molar-refractivity contribution in [3.8, 4) is 5.75 Å². The Bertz CT molecular complexity index is 437. The highest BCUT2D eigenvalue weighted by Gasteiger charge is 2.17. The molecule has 2 atom stereocenters. The minimum absolute atomic E-state index is 0.167. The Morgan fingerprint density at radius 1 is 1.42 bits per heavy atom. The molecule has 5 heteroatoms. The van der Waals surface area contributed by atoms with Gasteiger partial charge in [-0.1, -0.05) is 6.07 Å². The van der Waals surface area contributed by atoms with E-state index in [1.165, 1.54) is 13.2 Å².